The van der Waals surface area contributed by atoms with E-state index in [0.717, 1.165) is 113 Å². The molecule has 0 aromatic heterocycles. The molecule has 0 bridgehead atoms. The molecule has 0 saturated carbocycles. The Kier molecular flexibility index (Phi) is 41.1. The van der Waals surface area contributed by atoms with Gasteiger partial charge in [-0.3, -0.25) is 0 Å². The van der Waals surface area contributed by atoms with Gasteiger partial charge in [-0.2, -0.15) is 0 Å². The lowest BCUT2D eigenvalue weighted by atomic mass is 10.1. The molecule has 0 amide bonds. The first-order valence-corrected chi connectivity index (χ1v) is 23.9. The van der Waals surface area contributed by atoms with Gasteiger partial charge in [-0.1, -0.05) is 171 Å². The van der Waals surface area contributed by atoms with Gasteiger partial charge in [-0.05, 0) is 51.4 Å². The molecule has 7 nitrogen and oxygen atoms in total. The summed E-state index contributed by atoms with van der Waals surface area (Å²) in [4.78, 5) is 0. The van der Waals surface area contributed by atoms with Crippen molar-refractivity contribution in [3.05, 3.63) is 23.0 Å². The Morgan fingerprint density at radius 3 is 0.927 bits per heavy atom. The molecule has 0 radical (unpaired) electrons. The Morgan fingerprint density at radius 1 is 0.327 bits per heavy atom. The van der Waals surface area contributed by atoms with E-state index in [1.165, 1.54) is 103 Å². The lowest BCUT2D eigenvalue weighted by molar-refractivity contribution is -0.167. The number of allylic oxidation sites excluding steroid dienone is 2. The van der Waals surface area contributed by atoms with Gasteiger partial charge in [0.2, 0.25) is 0 Å². The molecule has 0 aromatic rings. The van der Waals surface area contributed by atoms with Crippen molar-refractivity contribution >= 4 is 0 Å². The molecule has 2 unspecified atom stereocenters. The van der Waals surface area contributed by atoms with Crippen LogP contribution in [0.4, 0.5) is 0 Å². The van der Waals surface area contributed by atoms with Gasteiger partial charge in [-0.15, -0.1) is 0 Å². The van der Waals surface area contributed by atoms with Gasteiger partial charge in [0.25, 0.3) is 0 Å². The summed E-state index contributed by atoms with van der Waals surface area (Å²) in [5.74, 6) is 3.66. The van der Waals surface area contributed by atoms with Gasteiger partial charge in [0, 0.05) is 12.8 Å². The Bertz CT molecular complexity index is 789. The van der Waals surface area contributed by atoms with Crippen LogP contribution in [0, 0.1) is 0 Å². The zero-order valence-electron chi connectivity index (χ0n) is 38.1. The summed E-state index contributed by atoms with van der Waals surface area (Å²) in [6, 6.07) is 0. The third-order valence-corrected chi connectivity index (χ3v) is 9.95. The lowest BCUT2D eigenvalue weighted by Crippen LogP contribution is -2.25. The highest BCUT2D eigenvalue weighted by Gasteiger charge is 2.24. The van der Waals surface area contributed by atoms with Crippen molar-refractivity contribution in [3.63, 3.8) is 0 Å². The third kappa shape index (κ3) is 30.3. The highest BCUT2D eigenvalue weighted by Crippen LogP contribution is 2.26. The minimum Gasteiger partial charge on any atom is -0.494 e. The van der Waals surface area contributed by atoms with Crippen LogP contribution in [0.5, 0.6) is 0 Å². The van der Waals surface area contributed by atoms with Crippen LogP contribution in [0.2, 0.25) is 0 Å². The molecule has 0 fully saturated rings. The van der Waals surface area contributed by atoms with E-state index in [-0.39, 0.29) is 25.8 Å². The number of rotatable bonds is 44. The number of unbranched alkanes of at least 4 members (excludes halogenated alkanes) is 16. The normalized spacial score (nSPS) is 13.7. The Balaban J connectivity index is 5.84. The largest absolute Gasteiger partial charge is 0.494 e. The molecule has 0 saturated heterocycles. The summed E-state index contributed by atoms with van der Waals surface area (Å²) in [7, 11) is 0. The van der Waals surface area contributed by atoms with E-state index >= 15 is 0 Å². The summed E-state index contributed by atoms with van der Waals surface area (Å²) < 4.78 is 45.2. The summed E-state index contributed by atoms with van der Waals surface area (Å²) in [6.45, 7) is 20.9. The monoisotopic (exact) mass is 783 g/mol. The maximum Gasteiger partial charge on any atom is 0.162 e. The van der Waals surface area contributed by atoms with E-state index in [2.05, 4.69) is 55.4 Å². The van der Waals surface area contributed by atoms with Crippen LogP contribution >= 0.6 is 0 Å². The second kappa shape index (κ2) is 42.2. The fourth-order valence-electron chi connectivity index (χ4n) is 6.67. The van der Waals surface area contributed by atoms with Crippen LogP contribution in [0.3, 0.4) is 0 Å². The maximum atomic E-state index is 6.59. The molecule has 0 spiro atoms. The topological polar surface area (TPSA) is 64.6 Å². The second-order valence-electron chi connectivity index (χ2n) is 15.5. The van der Waals surface area contributed by atoms with Crippen LogP contribution in [0.1, 0.15) is 235 Å². The molecule has 55 heavy (non-hydrogen) atoms. The van der Waals surface area contributed by atoms with E-state index in [9.17, 15) is 0 Å². The molecule has 0 aliphatic heterocycles. The van der Waals surface area contributed by atoms with Crippen LogP contribution in [0.15, 0.2) is 23.0 Å². The molecular formula is C48H94O7. The van der Waals surface area contributed by atoms with Gasteiger partial charge >= 0.3 is 0 Å². The highest BCUT2D eigenvalue weighted by molar-refractivity contribution is 5.09. The molecule has 0 aromatic carbocycles. The zero-order valence-corrected chi connectivity index (χ0v) is 38.1. The fraction of sp³-hybridized carbons (Fsp3) is 0.917. The SMILES string of the molecule is CCCCCCCOC(CCC)=C(OCCCCCCC)C(CCC)OCOCOC(CCC)C(OCCCCCCC)=C(CCC)OCCCCCCC. The molecule has 0 heterocycles. The number of ether oxygens (including phenoxy) is 7. The summed E-state index contributed by atoms with van der Waals surface area (Å²) in [6.07, 6.45) is 31.0. The summed E-state index contributed by atoms with van der Waals surface area (Å²) >= 11 is 0. The minimum absolute atomic E-state index is 0.122. The molecule has 7 heteroatoms. The predicted molar refractivity (Wildman–Crippen MR) is 233 cm³/mol. The molecule has 0 aliphatic rings. The van der Waals surface area contributed by atoms with E-state index < -0.39 is 0 Å². The molecular weight excluding hydrogens is 689 g/mol. The Labute approximate surface area is 342 Å². The predicted octanol–water partition coefficient (Wildman–Crippen LogP) is 15.3. The standard InChI is InChI=1S/C48H94O7/c1-9-17-21-25-29-37-50-43(33-13-5)47(52-39-31-27-23-19-11-3)45(35-15-7)54-41-49-42-55-46(36-16-8)48(53-40-32-28-24-20-12-4)44(34-14-6)51-38-30-26-22-18-10-2/h45-46H,9-42H2,1-8H3. The summed E-state index contributed by atoms with van der Waals surface area (Å²) in [5, 5.41) is 0. The summed E-state index contributed by atoms with van der Waals surface area (Å²) in [5.41, 5.74) is 0. The zero-order chi connectivity index (χ0) is 40.5. The van der Waals surface area contributed by atoms with Crippen molar-refractivity contribution in [3.8, 4) is 0 Å². The van der Waals surface area contributed by atoms with Crippen LogP contribution in [-0.4, -0.2) is 52.2 Å². The first-order chi connectivity index (χ1) is 27.1. The molecule has 0 aliphatic carbocycles. The first kappa shape index (κ1) is 53.6. The highest BCUT2D eigenvalue weighted by atomic mass is 16.7. The van der Waals surface area contributed by atoms with Crippen molar-refractivity contribution < 1.29 is 33.2 Å². The van der Waals surface area contributed by atoms with Crippen molar-refractivity contribution in [1.82, 2.24) is 0 Å². The van der Waals surface area contributed by atoms with Crippen molar-refractivity contribution in [2.75, 3.05) is 40.0 Å². The Morgan fingerprint density at radius 2 is 0.636 bits per heavy atom. The van der Waals surface area contributed by atoms with E-state index in [1.807, 2.05) is 0 Å². The molecule has 328 valence electrons. The number of hydrogen-bond acceptors (Lipinski definition) is 7. The van der Waals surface area contributed by atoms with Crippen molar-refractivity contribution in [2.45, 2.75) is 247 Å². The quantitative estimate of drug-likeness (QED) is 0.0346. The lowest BCUT2D eigenvalue weighted by Gasteiger charge is -2.26. The maximum absolute atomic E-state index is 6.59. The average molecular weight is 783 g/mol. The first-order valence-electron chi connectivity index (χ1n) is 23.9. The smallest absolute Gasteiger partial charge is 0.162 e. The van der Waals surface area contributed by atoms with Crippen LogP contribution < -0.4 is 0 Å². The van der Waals surface area contributed by atoms with Gasteiger partial charge in [0.1, 0.15) is 23.7 Å². The molecule has 2 atom stereocenters. The minimum atomic E-state index is -0.220. The molecule has 0 N–H and O–H groups in total. The van der Waals surface area contributed by atoms with Crippen molar-refractivity contribution in [1.29, 1.82) is 0 Å². The second-order valence-corrected chi connectivity index (χ2v) is 15.5. The Hall–Kier alpha value is -1.44. The average Bonchev–Trinajstić information content (AvgIpc) is 3.18. The van der Waals surface area contributed by atoms with Crippen LogP contribution in [0.25, 0.3) is 0 Å². The van der Waals surface area contributed by atoms with Gasteiger partial charge in [-0.25, -0.2) is 0 Å². The van der Waals surface area contributed by atoms with Gasteiger partial charge in [0.05, 0.1) is 26.4 Å². The molecule has 0 rings (SSSR count). The van der Waals surface area contributed by atoms with E-state index in [1.54, 1.807) is 0 Å². The van der Waals surface area contributed by atoms with Crippen LogP contribution in [-0.2, 0) is 33.2 Å². The van der Waals surface area contributed by atoms with Gasteiger partial charge < -0.3 is 33.2 Å². The van der Waals surface area contributed by atoms with Crippen molar-refractivity contribution in [2.24, 2.45) is 0 Å². The van der Waals surface area contributed by atoms with E-state index in [0.29, 0.717) is 13.2 Å². The third-order valence-electron chi connectivity index (χ3n) is 9.95. The van der Waals surface area contributed by atoms with Gasteiger partial charge in [0.15, 0.2) is 25.1 Å². The fourth-order valence-corrected chi connectivity index (χ4v) is 6.67. The number of hydrogen-bond donors (Lipinski definition) is 0. The van der Waals surface area contributed by atoms with E-state index in [4.69, 9.17) is 33.2 Å².